The van der Waals surface area contributed by atoms with Gasteiger partial charge in [0.1, 0.15) is 11.5 Å². The van der Waals surface area contributed by atoms with E-state index in [9.17, 15) is 5.11 Å². The maximum absolute atomic E-state index is 9.79. The Kier molecular flexibility index (Phi) is 4.34. The molecule has 0 unspecified atom stereocenters. The average Bonchev–Trinajstić information content (AvgIpc) is 2.47. The summed E-state index contributed by atoms with van der Waals surface area (Å²) >= 11 is 6.07. The summed E-state index contributed by atoms with van der Waals surface area (Å²) in [5, 5.41) is 22.1. The second-order valence-electron chi connectivity index (χ2n) is 4.15. The normalized spacial score (nSPS) is 9.85. The highest BCUT2D eigenvalue weighted by Crippen LogP contribution is 2.26. The number of nitriles is 1. The van der Waals surface area contributed by atoms with Crippen molar-refractivity contribution in [3.8, 4) is 17.6 Å². The second kappa shape index (κ2) is 6.18. The zero-order valence-electron chi connectivity index (χ0n) is 10.9. The van der Waals surface area contributed by atoms with Gasteiger partial charge in [0, 0.05) is 12.1 Å². The van der Waals surface area contributed by atoms with Crippen LogP contribution in [0.25, 0.3) is 0 Å². The molecule has 0 spiro atoms. The number of aromatic hydroxyl groups is 1. The highest BCUT2D eigenvalue weighted by molar-refractivity contribution is 6.33. The van der Waals surface area contributed by atoms with E-state index < -0.39 is 0 Å². The fourth-order valence-electron chi connectivity index (χ4n) is 1.75. The fourth-order valence-corrected chi connectivity index (χ4v) is 2.00. The van der Waals surface area contributed by atoms with Gasteiger partial charge in [-0.05, 0) is 36.4 Å². The van der Waals surface area contributed by atoms with Crippen molar-refractivity contribution >= 4 is 17.3 Å². The molecule has 0 radical (unpaired) electrons. The molecule has 0 aromatic heterocycles. The molecule has 0 bridgehead atoms. The molecule has 0 atom stereocenters. The van der Waals surface area contributed by atoms with E-state index in [1.807, 2.05) is 6.07 Å². The van der Waals surface area contributed by atoms with Crippen molar-refractivity contribution < 1.29 is 9.84 Å². The van der Waals surface area contributed by atoms with Gasteiger partial charge in [-0.2, -0.15) is 5.26 Å². The van der Waals surface area contributed by atoms with E-state index in [2.05, 4.69) is 5.32 Å². The Balaban J connectivity index is 2.15. The van der Waals surface area contributed by atoms with Gasteiger partial charge in [0.05, 0.1) is 29.5 Å². The van der Waals surface area contributed by atoms with Gasteiger partial charge in [-0.1, -0.05) is 11.6 Å². The Morgan fingerprint density at radius 1 is 1.30 bits per heavy atom. The smallest absolute Gasteiger partial charge is 0.120 e. The number of anilines is 1. The quantitative estimate of drug-likeness (QED) is 0.903. The molecule has 0 fully saturated rings. The number of benzene rings is 2. The maximum Gasteiger partial charge on any atom is 0.120 e. The second-order valence-corrected chi connectivity index (χ2v) is 4.56. The summed E-state index contributed by atoms with van der Waals surface area (Å²) in [7, 11) is 1.57. The number of hydrogen-bond donors (Lipinski definition) is 2. The summed E-state index contributed by atoms with van der Waals surface area (Å²) in [6.45, 7) is 0.397. The summed E-state index contributed by atoms with van der Waals surface area (Å²) in [4.78, 5) is 0. The minimum atomic E-state index is 0.183. The molecule has 0 aliphatic rings. The van der Waals surface area contributed by atoms with Crippen LogP contribution in [-0.2, 0) is 6.54 Å². The van der Waals surface area contributed by atoms with E-state index in [1.165, 1.54) is 0 Å². The van der Waals surface area contributed by atoms with Crippen LogP contribution in [0.5, 0.6) is 11.5 Å². The number of nitrogens with zero attached hydrogens (tertiary/aromatic N) is 1. The van der Waals surface area contributed by atoms with Crippen molar-refractivity contribution in [2.45, 2.75) is 6.54 Å². The molecule has 102 valence electrons. The molecule has 0 saturated carbocycles. The van der Waals surface area contributed by atoms with Gasteiger partial charge in [-0.3, -0.25) is 0 Å². The number of phenolic OH excluding ortho intramolecular Hbond substituents is 1. The molecular formula is C15H13ClN2O2. The molecule has 0 heterocycles. The van der Waals surface area contributed by atoms with E-state index in [4.69, 9.17) is 21.6 Å². The van der Waals surface area contributed by atoms with Crippen LogP contribution in [0.1, 0.15) is 11.1 Å². The van der Waals surface area contributed by atoms with E-state index >= 15 is 0 Å². The van der Waals surface area contributed by atoms with Crippen molar-refractivity contribution in [3.63, 3.8) is 0 Å². The van der Waals surface area contributed by atoms with Crippen LogP contribution in [0, 0.1) is 11.3 Å². The monoisotopic (exact) mass is 288 g/mol. The van der Waals surface area contributed by atoms with Gasteiger partial charge in [0.25, 0.3) is 0 Å². The average molecular weight is 289 g/mol. The van der Waals surface area contributed by atoms with Crippen molar-refractivity contribution in [2.75, 3.05) is 12.4 Å². The third-order valence-electron chi connectivity index (χ3n) is 2.85. The summed E-state index contributed by atoms with van der Waals surface area (Å²) in [5.74, 6) is 0.855. The van der Waals surface area contributed by atoms with E-state index in [-0.39, 0.29) is 5.75 Å². The van der Waals surface area contributed by atoms with Crippen molar-refractivity contribution in [3.05, 3.63) is 52.5 Å². The van der Waals surface area contributed by atoms with E-state index in [0.717, 1.165) is 0 Å². The van der Waals surface area contributed by atoms with Crippen molar-refractivity contribution in [1.82, 2.24) is 0 Å². The van der Waals surface area contributed by atoms with E-state index in [0.29, 0.717) is 34.1 Å². The van der Waals surface area contributed by atoms with Crippen molar-refractivity contribution in [2.24, 2.45) is 0 Å². The number of hydrogen-bond acceptors (Lipinski definition) is 4. The van der Waals surface area contributed by atoms with Gasteiger partial charge in [0.2, 0.25) is 0 Å². The molecule has 5 heteroatoms. The number of nitrogens with one attached hydrogen (secondary N) is 1. The number of halogens is 1. The molecule has 0 aliphatic carbocycles. The first-order chi connectivity index (χ1) is 9.63. The number of ether oxygens (including phenoxy) is 1. The summed E-state index contributed by atoms with van der Waals surface area (Å²) < 4.78 is 5.11. The molecule has 0 aliphatic heterocycles. The summed E-state index contributed by atoms with van der Waals surface area (Å²) in [6.07, 6.45) is 0. The molecule has 0 saturated heterocycles. The summed E-state index contributed by atoms with van der Waals surface area (Å²) in [6, 6.07) is 12.0. The minimum Gasteiger partial charge on any atom is -0.508 e. The van der Waals surface area contributed by atoms with Gasteiger partial charge in [0.15, 0.2) is 0 Å². The lowest BCUT2D eigenvalue weighted by Gasteiger charge is -2.11. The first-order valence-corrected chi connectivity index (χ1v) is 6.31. The predicted molar refractivity (Wildman–Crippen MR) is 78.2 cm³/mol. The predicted octanol–water partition coefficient (Wildman–Crippen LogP) is 3.54. The van der Waals surface area contributed by atoms with Gasteiger partial charge >= 0.3 is 0 Å². The van der Waals surface area contributed by atoms with Gasteiger partial charge in [-0.25, -0.2) is 0 Å². The lowest BCUT2D eigenvalue weighted by Crippen LogP contribution is -2.01. The molecule has 20 heavy (non-hydrogen) atoms. The number of phenols is 1. The SMILES string of the molecule is COc1ccc(O)c(CNc2ccc(C#N)cc2Cl)c1. The van der Waals surface area contributed by atoms with Crippen LogP contribution >= 0.6 is 11.6 Å². The highest BCUT2D eigenvalue weighted by Gasteiger charge is 2.05. The first kappa shape index (κ1) is 14.0. The Morgan fingerprint density at radius 3 is 2.75 bits per heavy atom. The number of rotatable bonds is 4. The lowest BCUT2D eigenvalue weighted by molar-refractivity contribution is 0.411. The van der Waals surface area contributed by atoms with Gasteiger partial charge < -0.3 is 15.2 Å². The maximum atomic E-state index is 9.79. The Bertz CT molecular complexity index is 665. The zero-order valence-corrected chi connectivity index (χ0v) is 11.6. The molecule has 2 aromatic carbocycles. The van der Waals surface area contributed by atoms with Crippen LogP contribution in [0.15, 0.2) is 36.4 Å². The third-order valence-corrected chi connectivity index (χ3v) is 3.17. The van der Waals surface area contributed by atoms with Crippen LogP contribution in [0.3, 0.4) is 0 Å². The van der Waals surface area contributed by atoms with Gasteiger partial charge in [-0.15, -0.1) is 0 Å². The zero-order chi connectivity index (χ0) is 14.5. The Labute approximate surface area is 122 Å². The molecular weight excluding hydrogens is 276 g/mol. The van der Waals surface area contributed by atoms with Crippen LogP contribution in [0.4, 0.5) is 5.69 Å². The standard InChI is InChI=1S/C15H13ClN2O2/c1-20-12-3-5-15(19)11(7-12)9-18-14-4-2-10(8-17)6-13(14)16/h2-7,18-19H,9H2,1H3. The highest BCUT2D eigenvalue weighted by atomic mass is 35.5. The van der Waals surface area contributed by atoms with Crippen LogP contribution < -0.4 is 10.1 Å². The fraction of sp³-hybridized carbons (Fsp3) is 0.133. The van der Waals surface area contributed by atoms with Crippen molar-refractivity contribution in [1.29, 1.82) is 5.26 Å². The molecule has 0 amide bonds. The molecule has 2 aromatic rings. The van der Waals surface area contributed by atoms with E-state index in [1.54, 1.807) is 43.5 Å². The van der Waals surface area contributed by atoms with Crippen LogP contribution in [0.2, 0.25) is 5.02 Å². The Hall–Kier alpha value is -2.38. The minimum absolute atomic E-state index is 0.183. The largest absolute Gasteiger partial charge is 0.508 e. The molecule has 4 nitrogen and oxygen atoms in total. The topological polar surface area (TPSA) is 65.3 Å². The Morgan fingerprint density at radius 2 is 2.10 bits per heavy atom. The summed E-state index contributed by atoms with van der Waals surface area (Å²) in [5.41, 5.74) is 1.91. The number of methoxy groups -OCH3 is 1. The molecule has 2 rings (SSSR count). The van der Waals surface area contributed by atoms with Crippen LogP contribution in [-0.4, -0.2) is 12.2 Å². The first-order valence-electron chi connectivity index (χ1n) is 5.93. The molecule has 2 N–H and O–H groups in total. The third kappa shape index (κ3) is 3.14. The lowest BCUT2D eigenvalue weighted by atomic mass is 10.1.